The number of likely N-dealkylation sites (tertiary alicyclic amines) is 1. The second-order valence-electron chi connectivity index (χ2n) is 7.81. The molecule has 168 valence electrons. The molecule has 6 nitrogen and oxygen atoms in total. The Morgan fingerprint density at radius 1 is 1.10 bits per heavy atom. The molecule has 1 atom stereocenters. The summed E-state index contributed by atoms with van der Waals surface area (Å²) in [6.07, 6.45) is 1.48. The summed E-state index contributed by atoms with van der Waals surface area (Å²) < 4.78 is 65.7. The Kier molecular flexibility index (Phi) is 6.66. The van der Waals surface area contributed by atoms with Crippen LogP contribution in [0.25, 0.3) is 0 Å². The van der Waals surface area contributed by atoms with Crippen LogP contribution < -0.4 is 14.2 Å². The average molecular weight is 473 g/mol. The highest BCUT2D eigenvalue weighted by Crippen LogP contribution is 2.34. The van der Waals surface area contributed by atoms with E-state index in [0.29, 0.717) is 35.7 Å². The lowest BCUT2D eigenvalue weighted by Crippen LogP contribution is -2.45. The zero-order chi connectivity index (χ0) is 22.0. The SMILES string of the molecule is O=S(=O)(NCC1CCN(C[C@H]2COc3ccc(Cl)cc3O2)CC1)c1ccc(F)cc1F. The summed E-state index contributed by atoms with van der Waals surface area (Å²) in [5.74, 6) is -0.453. The van der Waals surface area contributed by atoms with E-state index >= 15 is 0 Å². The fourth-order valence-electron chi connectivity index (χ4n) is 3.84. The maximum atomic E-state index is 13.8. The van der Waals surface area contributed by atoms with Crippen molar-refractivity contribution in [2.24, 2.45) is 5.92 Å². The number of ether oxygens (including phenoxy) is 2. The molecule has 2 aliphatic heterocycles. The summed E-state index contributed by atoms with van der Waals surface area (Å²) >= 11 is 6.02. The number of hydrogen-bond donors (Lipinski definition) is 1. The Labute approximate surface area is 185 Å². The monoisotopic (exact) mass is 472 g/mol. The summed E-state index contributed by atoms with van der Waals surface area (Å²) in [7, 11) is -4.03. The minimum absolute atomic E-state index is 0.109. The quantitative estimate of drug-likeness (QED) is 0.697. The minimum Gasteiger partial charge on any atom is -0.486 e. The molecule has 0 radical (unpaired) electrons. The summed E-state index contributed by atoms with van der Waals surface area (Å²) in [5, 5.41) is 0.590. The highest BCUT2D eigenvalue weighted by Gasteiger charge is 2.27. The van der Waals surface area contributed by atoms with E-state index in [9.17, 15) is 17.2 Å². The van der Waals surface area contributed by atoms with Crippen molar-refractivity contribution in [3.8, 4) is 11.5 Å². The van der Waals surface area contributed by atoms with Gasteiger partial charge in [0.05, 0.1) is 0 Å². The number of piperidine rings is 1. The molecule has 0 bridgehead atoms. The standard InChI is InChI=1S/C21H23ClF2N2O4S/c22-15-1-3-19-20(9-15)30-17(13-29-19)12-26-7-5-14(6-8-26)11-25-31(27,28)21-4-2-16(23)10-18(21)24/h1-4,9-10,14,17,25H,5-8,11-13H2/t17-/m0/s1. The summed E-state index contributed by atoms with van der Waals surface area (Å²) in [6, 6.07) is 7.72. The first-order chi connectivity index (χ1) is 14.8. The normalized spacial score (nSPS) is 20.0. The lowest BCUT2D eigenvalue weighted by atomic mass is 9.97. The van der Waals surface area contributed by atoms with E-state index in [2.05, 4.69) is 9.62 Å². The molecule has 1 saturated heterocycles. The zero-order valence-corrected chi connectivity index (χ0v) is 18.3. The van der Waals surface area contributed by atoms with Gasteiger partial charge >= 0.3 is 0 Å². The summed E-state index contributed by atoms with van der Waals surface area (Å²) in [6.45, 7) is 2.95. The van der Waals surface area contributed by atoms with Crippen LogP contribution in [0.2, 0.25) is 5.02 Å². The van der Waals surface area contributed by atoms with Crippen LogP contribution in [-0.4, -0.2) is 52.2 Å². The van der Waals surface area contributed by atoms with E-state index < -0.39 is 26.6 Å². The number of sulfonamides is 1. The van der Waals surface area contributed by atoms with Crippen LogP contribution in [0.5, 0.6) is 11.5 Å². The summed E-state index contributed by atoms with van der Waals surface area (Å²) in [4.78, 5) is 1.72. The van der Waals surface area contributed by atoms with Gasteiger partial charge in [0.15, 0.2) is 11.5 Å². The molecule has 2 heterocycles. The molecule has 2 aliphatic rings. The number of hydrogen-bond acceptors (Lipinski definition) is 5. The third kappa shape index (κ3) is 5.46. The molecule has 2 aromatic carbocycles. The number of halogens is 3. The average Bonchev–Trinajstić information content (AvgIpc) is 2.73. The van der Waals surface area contributed by atoms with Crippen LogP contribution in [0.1, 0.15) is 12.8 Å². The number of nitrogens with zero attached hydrogens (tertiary/aromatic N) is 1. The molecule has 0 amide bonds. The van der Waals surface area contributed by atoms with Crippen LogP contribution >= 0.6 is 11.6 Å². The zero-order valence-electron chi connectivity index (χ0n) is 16.7. The molecule has 0 spiro atoms. The first-order valence-electron chi connectivity index (χ1n) is 10.1. The molecule has 31 heavy (non-hydrogen) atoms. The molecule has 10 heteroatoms. The maximum Gasteiger partial charge on any atom is 0.243 e. The molecule has 0 aliphatic carbocycles. The number of benzene rings is 2. The van der Waals surface area contributed by atoms with Crippen LogP contribution in [0, 0.1) is 17.6 Å². The van der Waals surface area contributed by atoms with Crippen LogP contribution in [0.15, 0.2) is 41.3 Å². The number of nitrogens with one attached hydrogen (secondary N) is 1. The van der Waals surface area contributed by atoms with E-state index in [1.807, 2.05) is 0 Å². The molecular formula is C21H23ClF2N2O4S. The highest BCUT2D eigenvalue weighted by atomic mass is 35.5. The van der Waals surface area contributed by atoms with Gasteiger partial charge in [-0.15, -0.1) is 0 Å². The van der Waals surface area contributed by atoms with Gasteiger partial charge in [0, 0.05) is 30.2 Å². The van der Waals surface area contributed by atoms with Gasteiger partial charge in [0.1, 0.15) is 29.2 Å². The minimum atomic E-state index is -4.03. The molecule has 0 unspecified atom stereocenters. The fraction of sp³-hybridized carbons (Fsp3) is 0.429. The van der Waals surface area contributed by atoms with Gasteiger partial charge in [-0.3, -0.25) is 4.90 Å². The second kappa shape index (κ2) is 9.28. The van der Waals surface area contributed by atoms with E-state index in [1.165, 1.54) is 0 Å². The fourth-order valence-corrected chi connectivity index (χ4v) is 5.17. The van der Waals surface area contributed by atoms with E-state index in [1.54, 1.807) is 18.2 Å². The van der Waals surface area contributed by atoms with Crippen LogP contribution in [0.3, 0.4) is 0 Å². The van der Waals surface area contributed by atoms with Gasteiger partial charge < -0.3 is 9.47 Å². The topological polar surface area (TPSA) is 67.9 Å². The molecule has 0 saturated carbocycles. The van der Waals surface area contributed by atoms with E-state index in [-0.39, 0.29) is 18.6 Å². The molecule has 0 aromatic heterocycles. The first kappa shape index (κ1) is 22.3. The van der Waals surface area contributed by atoms with Crippen molar-refractivity contribution < 1.29 is 26.7 Å². The van der Waals surface area contributed by atoms with Gasteiger partial charge in [0.25, 0.3) is 0 Å². The van der Waals surface area contributed by atoms with Crippen molar-refractivity contribution >= 4 is 21.6 Å². The van der Waals surface area contributed by atoms with Gasteiger partial charge in [-0.2, -0.15) is 0 Å². The Morgan fingerprint density at radius 3 is 2.61 bits per heavy atom. The number of rotatable bonds is 6. The highest BCUT2D eigenvalue weighted by molar-refractivity contribution is 7.89. The Bertz CT molecular complexity index is 1050. The van der Waals surface area contributed by atoms with Gasteiger partial charge in [-0.25, -0.2) is 21.9 Å². The molecule has 1 N–H and O–H groups in total. The lowest BCUT2D eigenvalue weighted by molar-refractivity contribution is 0.0481. The van der Waals surface area contributed by atoms with E-state index in [0.717, 1.165) is 38.1 Å². The summed E-state index contributed by atoms with van der Waals surface area (Å²) in [5.41, 5.74) is 0. The van der Waals surface area contributed by atoms with Gasteiger partial charge in [-0.05, 0) is 56.1 Å². The smallest absolute Gasteiger partial charge is 0.243 e. The van der Waals surface area contributed by atoms with Gasteiger partial charge in [-0.1, -0.05) is 11.6 Å². The van der Waals surface area contributed by atoms with Crippen LogP contribution in [-0.2, 0) is 10.0 Å². The van der Waals surface area contributed by atoms with Gasteiger partial charge in [0.2, 0.25) is 10.0 Å². The lowest BCUT2D eigenvalue weighted by Gasteiger charge is -2.35. The third-order valence-electron chi connectivity index (χ3n) is 5.54. The third-order valence-corrected chi connectivity index (χ3v) is 7.23. The van der Waals surface area contributed by atoms with E-state index in [4.69, 9.17) is 21.1 Å². The Morgan fingerprint density at radius 2 is 1.87 bits per heavy atom. The van der Waals surface area contributed by atoms with Crippen molar-refractivity contribution in [2.75, 3.05) is 32.8 Å². The maximum absolute atomic E-state index is 13.8. The predicted octanol–water partition coefficient (Wildman–Crippen LogP) is 3.45. The second-order valence-corrected chi connectivity index (χ2v) is 9.98. The van der Waals surface area contributed by atoms with Crippen molar-refractivity contribution in [2.45, 2.75) is 23.8 Å². The number of fused-ring (bicyclic) bond motifs is 1. The van der Waals surface area contributed by atoms with Crippen molar-refractivity contribution in [1.82, 2.24) is 9.62 Å². The van der Waals surface area contributed by atoms with Crippen LogP contribution in [0.4, 0.5) is 8.78 Å². The van der Waals surface area contributed by atoms with Crippen molar-refractivity contribution in [3.05, 3.63) is 53.1 Å². The molecule has 4 rings (SSSR count). The molecule has 2 aromatic rings. The predicted molar refractivity (Wildman–Crippen MR) is 112 cm³/mol. The van der Waals surface area contributed by atoms with Crippen molar-refractivity contribution in [3.63, 3.8) is 0 Å². The van der Waals surface area contributed by atoms with Crippen molar-refractivity contribution in [1.29, 1.82) is 0 Å². The molecule has 1 fully saturated rings. The Balaban J connectivity index is 1.25. The molecular weight excluding hydrogens is 450 g/mol. The largest absolute Gasteiger partial charge is 0.486 e. The Hall–Kier alpha value is -1.94. The first-order valence-corrected chi connectivity index (χ1v) is 11.9.